The van der Waals surface area contributed by atoms with Gasteiger partial charge in [-0.2, -0.15) is 0 Å². The molecule has 0 amide bonds. The van der Waals surface area contributed by atoms with Gasteiger partial charge in [-0.25, -0.2) is 0 Å². The molecule has 1 heteroatoms. The normalized spacial score (nSPS) is 16.3. The van der Waals surface area contributed by atoms with Crippen molar-refractivity contribution in [3.05, 3.63) is 41.5 Å². The first kappa shape index (κ1) is 8.24. The van der Waals surface area contributed by atoms with Crippen LogP contribution in [0.25, 0.3) is 6.08 Å². The minimum atomic E-state index is 0.743. The maximum atomic E-state index is 10.2. The number of benzene rings is 1. The van der Waals surface area contributed by atoms with Crippen LogP contribution in [-0.2, 0) is 4.79 Å². The van der Waals surface area contributed by atoms with Crippen LogP contribution in [0.3, 0.4) is 0 Å². The van der Waals surface area contributed by atoms with Gasteiger partial charge in [-0.05, 0) is 36.0 Å². The van der Waals surface area contributed by atoms with E-state index in [4.69, 9.17) is 0 Å². The first-order valence-electron chi connectivity index (χ1n) is 4.62. The summed E-state index contributed by atoms with van der Waals surface area (Å²) in [5.41, 5.74) is 2.58. The van der Waals surface area contributed by atoms with Gasteiger partial charge in [0.25, 0.3) is 0 Å². The van der Waals surface area contributed by atoms with Crippen molar-refractivity contribution in [2.24, 2.45) is 0 Å². The van der Waals surface area contributed by atoms with Crippen molar-refractivity contribution >= 4 is 12.4 Å². The fourth-order valence-corrected chi connectivity index (χ4v) is 1.57. The van der Waals surface area contributed by atoms with E-state index in [0.717, 1.165) is 12.2 Å². The van der Waals surface area contributed by atoms with Crippen LogP contribution in [0.15, 0.2) is 30.3 Å². The van der Waals surface area contributed by atoms with E-state index in [2.05, 4.69) is 18.2 Å². The Bertz CT molecular complexity index is 335. The van der Waals surface area contributed by atoms with Crippen LogP contribution in [0, 0.1) is 0 Å². The molecule has 0 bridgehead atoms. The molecule has 0 aromatic heterocycles. The molecule has 0 heterocycles. The molecule has 2 rings (SSSR count). The predicted molar refractivity (Wildman–Crippen MR) is 53.5 cm³/mol. The van der Waals surface area contributed by atoms with Crippen molar-refractivity contribution in [2.45, 2.75) is 18.8 Å². The number of aldehydes is 1. The third kappa shape index (κ3) is 1.86. The summed E-state index contributed by atoms with van der Waals surface area (Å²) < 4.78 is 0. The van der Waals surface area contributed by atoms with Gasteiger partial charge in [-0.3, -0.25) is 4.79 Å². The number of rotatable bonds is 3. The zero-order valence-electron chi connectivity index (χ0n) is 7.44. The molecular weight excluding hydrogens is 160 g/mol. The number of allylic oxidation sites excluding steroid dienone is 1. The van der Waals surface area contributed by atoms with Crippen molar-refractivity contribution in [1.82, 2.24) is 0 Å². The lowest BCUT2D eigenvalue weighted by atomic mass is 10.0. The predicted octanol–water partition coefficient (Wildman–Crippen LogP) is 2.78. The van der Waals surface area contributed by atoms with Gasteiger partial charge in [0.2, 0.25) is 0 Å². The van der Waals surface area contributed by atoms with Crippen LogP contribution < -0.4 is 0 Å². The van der Waals surface area contributed by atoms with E-state index in [1.807, 2.05) is 12.1 Å². The molecule has 0 aliphatic heterocycles. The fraction of sp³-hybridized carbons (Fsp3) is 0.250. The molecule has 0 spiro atoms. The van der Waals surface area contributed by atoms with Crippen LogP contribution in [0.4, 0.5) is 0 Å². The van der Waals surface area contributed by atoms with Gasteiger partial charge in [0, 0.05) is 0 Å². The number of hydrogen-bond donors (Lipinski definition) is 0. The van der Waals surface area contributed by atoms with Gasteiger partial charge in [0.15, 0.2) is 0 Å². The summed E-state index contributed by atoms with van der Waals surface area (Å²) in [7, 11) is 0. The van der Waals surface area contributed by atoms with Crippen LogP contribution >= 0.6 is 0 Å². The van der Waals surface area contributed by atoms with Gasteiger partial charge in [-0.15, -0.1) is 0 Å². The highest BCUT2D eigenvalue weighted by Gasteiger charge is 2.24. The first-order chi connectivity index (χ1) is 6.42. The van der Waals surface area contributed by atoms with E-state index in [1.165, 1.54) is 24.0 Å². The highest BCUT2D eigenvalue weighted by Crippen LogP contribution is 2.41. The maximum absolute atomic E-state index is 10.2. The number of carbonyl (C=O) groups is 1. The smallest absolute Gasteiger partial charge is 0.142 e. The Morgan fingerprint density at radius 1 is 1.23 bits per heavy atom. The van der Waals surface area contributed by atoms with Crippen LogP contribution in [0.5, 0.6) is 0 Å². The van der Waals surface area contributed by atoms with Crippen LogP contribution in [0.1, 0.15) is 29.9 Å². The highest BCUT2D eigenvalue weighted by atomic mass is 16.1. The van der Waals surface area contributed by atoms with Gasteiger partial charge in [0.1, 0.15) is 6.29 Å². The Morgan fingerprint density at radius 3 is 2.69 bits per heavy atom. The highest BCUT2D eigenvalue weighted by molar-refractivity contribution is 5.74. The van der Waals surface area contributed by atoms with Crippen molar-refractivity contribution in [3.63, 3.8) is 0 Å². The average molecular weight is 172 g/mol. The van der Waals surface area contributed by atoms with Crippen molar-refractivity contribution in [2.75, 3.05) is 0 Å². The molecule has 0 saturated heterocycles. The number of hydrogen-bond acceptors (Lipinski definition) is 1. The van der Waals surface area contributed by atoms with E-state index in [0.29, 0.717) is 0 Å². The molecule has 0 radical (unpaired) electrons. The molecule has 1 nitrogen and oxygen atoms in total. The van der Waals surface area contributed by atoms with Gasteiger partial charge < -0.3 is 0 Å². The molecule has 0 N–H and O–H groups in total. The molecule has 1 aromatic carbocycles. The van der Waals surface area contributed by atoms with Crippen molar-refractivity contribution < 1.29 is 4.79 Å². The zero-order valence-corrected chi connectivity index (χ0v) is 7.44. The second-order valence-electron chi connectivity index (χ2n) is 3.40. The molecule has 66 valence electrons. The van der Waals surface area contributed by atoms with E-state index in [-0.39, 0.29) is 0 Å². The maximum Gasteiger partial charge on any atom is 0.142 e. The van der Waals surface area contributed by atoms with Gasteiger partial charge >= 0.3 is 0 Å². The van der Waals surface area contributed by atoms with Crippen molar-refractivity contribution in [1.29, 1.82) is 0 Å². The topological polar surface area (TPSA) is 17.1 Å². The Hall–Kier alpha value is -1.37. The van der Waals surface area contributed by atoms with Crippen LogP contribution in [-0.4, -0.2) is 6.29 Å². The standard InChI is InChI=1S/C12H12O/c13-9-3-5-10-4-1-2-6-12(10)11-7-8-11/h1-6,9,11H,7-8H2. The average Bonchev–Trinajstić information content (AvgIpc) is 2.98. The lowest BCUT2D eigenvalue weighted by Gasteiger charge is -2.02. The minimum Gasteiger partial charge on any atom is -0.299 e. The lowest BCUT2D eigenvalue weighted by Crippen LogP contribution is -1.84. The second kappa shape index (κ2) is 3.56. The summed E-state index contributed by atoms with van der Waals surface area (Å²) in [5.74, 6) is 0.743. The molecule has 0 atom stereocenters. The monoisotopic (exact) mass is 172 g/mol. The third-order valence-corrected chi connectivity index (χ3v) is 2.37. The lowest BCUT2D eigenvalue weighted by molar-refractivity contribution is -0.104. The molecule has 1 saturated carbocycles. The summed E-state index contributed by atoms with van der Waals surface area (Å²) >= 11 is 0. The SMILES string of the molecule is O=CC=Cc1ccccc1C1CC1. The Balaban J connectivity index is 2.31. The fourth-order valence-electron chi connectivity index (χ4n) is 1.57. The third-order valence-electron chi connectivity index (χ3n) is 2.37. The zero-order chi connectivity index (χ0) is 9.10. The molecular formula is C12H12O. The summed E-state index contributed by atoms with van der Waals surface area (Å²) in [5, 5.41) is 0. The van der Waals surface area contributed by atoms with E-state index >= 15 is 0 Å². The minimum absolute atomic E-state index is 0.743. The molecule has 1 aromatic rings. The summed E-state index contributed by atoms with van der Waals surface area (Å²) in [4.78, 5) is 10.2. The number of carbonyl (C=O) groups excluding carboxylic acids is 1. The first-order valence-corrected chi connectivity index (χ1v) is 4.62. The van der Waals surface area contributed by atoms with Crippen molar-refractivity contribution in [3.8, 4) is 0 Å². The van der Waals surface area contributed by atoms with E-state index in [1.54, 1.807) is 6.08 Å². The molecule has 1 fully saturated rings. The summed E-state index contributed by atoms with van der Waals surface area (Å²) in [6.07, 6.45) is 6.86. The summed E-state index contributed by atoms with van der Waals surface area (Å²) in [6, 6.07) is 8.29. The molecule has 1 aliphatic rings. The Kier molecular flexibility index (Phi) is 2.26. The quantitative estimate of drug-likeness (QED) is 0.506. The largest absolute Gasteiger partial charge is 0.299 e. The van der Waals surface area contributed by atoms with Gasteiger partial charge in [-0.1, -0.05) is 30.3 Å². The molecule has 0 unspecified atom stereocenters. The molecule has 13 heavy (non-hydrogen) atoms. The summed E-state index contributed by atoms with van der Waals surface area (Å²) in [6.45, 7) is 0. The Morgan fingerprint density at radius 2 is 2.00 bits per heavy atom. The second-order valence-corrected chi connectivity index (χ2v) is 3.40. The van der Waals surface area contributed by atoms with E-state index < -0.39 is 0 Å². The van der Waals surface area contributed by atoms with E-state index in [9.17, 15) is 4.79 Å². The van der Waals surface area contributed by atoms with Crippen LogP contribution in [0.2, 0.25) is 0 Å². The van der Waals surface area contributed by atoms with Gasteiger partial charge in [0.05, 0.1) is 0 Å². The molecule has 1 aliphatic carbocycles. The Labute approximate surface area is 78.1 Å².